The van der Waals surface area contributed by atoms with E-state index >= 15 is 0 Å². The summed E-state index contributed by atoms with van der Waals surface area (Å²) in [7, 11) is 2.90. The van der Waals surface area contributed by atoms with E-state index in [2.05, 4.69) is 4.98 Å². The van der Waals surface area contributed by atoms with Crippen LogP contribution in [-0.2, 0) is 11.0 Å². The van der Waals surface area contributed by atoms with Crippen molar-refractivity contribution in [3.05, 3.63) is 30.2 Å². The van der Waals surface area contributed by atoms with Gasteiger partial charge in [0.05, 0.1) is 24.3 Å². The zero-order valence-corrected chi connectivity index (χ0v) is 16.4. The Balaban J connectivity index is 1.57. The Morgan fingerprint density at radius 1 is 1.07 bits per heavy atom. The van der Waals surface area contributed by atoms with Crippen molar-refractivity contribution in [2.45, 2.75) is 12.2 Å². The molecule has 160 valence electrons. The number of alkyl halides is 3. The molecule has 0 aliphatic carbocycles. The highest BCUT2D eigenvalue weighted by atomic mass is 19.4. The van der Waals surface area contributed by atoms with Crippen LogP contribution < -0.4 is 10.3 Å². The van der Waals surface area contributed by atoms with Crippen molar-refractivity contribution >= 4 is 29.1 Å². The molecule has 0 radical (unpaired) electrons. The summed E-state index contributed by atoms with van der Waals surface area (Å²) in [6.45, 7) is 1.54. The third-order valence-electron chi connectivity index (χ3n) is 5.64. The smallest absolute Gasteiger partial charge is 0.355 e. The average Bonchev–Trinajstić information content (AvgIpc) is 3.19. The summed E-state index contributed by atoms with van der Waals surface area (Å²) in [5.74, 6) is 0.112. The van der Waals surface area contributed by atoms with Crippen molar-refractivity contribution in [2.24, 2.45) is 0 Å². The van der Waals surface area contributed by atoms with Gasteiger partial charge in [-0.15, -0.1) is 0 Å². The molecule has 4 heterocycles. The minimum Gasteiger partial charge on any atom is -0.355 e. The van der Waals surface area contributed by atoms with E-state index in [9.17, 15) is 22.8 Å². The molecule has 2 aliphatic rings. The Hall–Kier alpha value is -3.15. The number of anilines is 1. The second kappa shape index (κ2) is 6.97. The Bertz CT molecular complexity index is 1000. The van der Waals surface area contributed by atoms with Crippen LogP contribution in [0.4, 0.5) is 23.8 Å². The lowest BCUT2D eigenvalue weighted by Gasteiger charge is -2.41. The molecular formula is C18H21F3N7O2+. The maximum Gasteiger partial charge on any atom is 0.417 e. The first-order valence-corrected chi connectivity index (χ1v) is 9.29. The Kier molecular flexibility index (Phi) is 4.68. The van der Waals surface area contributed by atoms with Crippen LogP contribution in [0, 0.1) is 0 Å². The first-order valence-electron chi connectivity index (χ1n) is 9.29. The number of piperazine rings is 1. The molecule has 3 amide bonds. The van der Waals surface area contributed by atoms with Crippen LogP contribution in [0.1, 0.15) is 5.56 Å². The second-order valence-electron chi connectivity index (χ2n) is 7.38. The maximum atomic E-state index is 13.3. The minimum absolute atomic E-state index is 0.146. The van der Waals surface area contributed by atoms with Crippen LogP contribution in [0.15, 0.2) is 24.7 Å². The molecule has 2 fully saturated rings. The van der Waals surface area contributed by atoms with Crippen LogP contribution in [-0.4, -0.2) is 88.2 Å². The number of likely N-dealkylation sites (N-methyl/N-ethyl adjacent to an activating group) is 2. The molecule has 2 aliphatic heterocycles. The number of carbonyl (C=O) groups is 2. The fourth-order valence-electron chi connectivity index (χ4n) is 3.90. The van der Waals surface area contributed by atoms with Gasteiger partial charge in [-0.05, 0) is 12.1 Å². The lowest BCUT2D eigenvalue weighted by Crippen LogP contribution is -2.73. The van der Waals surface area contributed by atoms with Gasteiger partial charge in [-0.2, -0.15) is 18.1 Å². The summed E-state index contributed by atoms with van der Waals surface area (Å²) >= 11 is 0. The van der Waals surface area contributed by atoms with E-state index in [4.69, 9.17) is 5.41 Å². The van der Waals surface area contributed by atoms with E-state index in [1.165, 1.54) is 31.5 Å². The molecule has 12 heteroatoms. The predicted octanol–water partition coefficient (Wildman–Crippen LogP) is -0.475. The van der Waals surface area contributed by atoms with Crippen LogP contribution in [0.2, 0.25) is 0 Å². The number of nitrogens with zero attached hydrogens (tertiary/aromatic N) is 6. The van der Waals surface area contributed by atoms with Gasteiger partial charge in [-0.25, -0.2) is 14.7 Å². The maximum absolute atomic E-state index is 13.3. The molecule has 9 nitrogen and oxygen atoms in total. The van der Waals surface area contributed by atoms with Gasteiger partial charge < -0.3 is 4.90 Å². The van der Waals surface area contributed by atoms with Gasteiger partial charge in [0.15, 0.2) is 6.04 Å². The number of halogens is 3. The number of pyridine rings is 1. The highest BCUT2D eigenvalue weighted by Crippen LogP contribution is 2.33. The SMILES string of the molecule is CN1C(=[NH2+])C(N2CCN(c3cc(C(F)(F)F)cc4cncn34)CC2)C(=O)N(C)C1=O. The fraction of sp³-hybridized carbons (Fsp3) is 0.444. The number of hydrogen-bond acceptors (Lipinski definition) is 5. The lowest BCUT2D eigenvalue weighted by atomic mass is 10.1. The van der Waals surface area contributed by atoms with Gasteiger partial charge in [0.1, 0.15) is 12.1 Å². The number of nitrogens with two attached hydrogens (primary N) is 1. The summed E-state index contributed by atoms with van der Waals surface area (Å²) in [6, 6.07) is 0.885. The molecule has 4 rings (SSSR count). The molecule has 1 atom stereocenters. The van der Waals surface area contributed by atoms with E-state index < -0.39 is 29.7 Å². The minimum atomic E-state index is -4.47. The number of imidazole rings is 1. The zero-order valence-electron chi connectivity index (χ0n) is 16.4. The van der Waals surface area contributed by atoms with Gasteiger partial charge in [-0.1, -0.05) is 0 Å². The van der Waals surface area contributed by atoms with E-state index in [-0.39, 0.29) is 5.84 Å². The van der Waals surface area contributed by atoms with Gasteiger partial charge in [0.25, 0.3) is 11.7 Å². The third-order valence-corrected chi connectivity index (χ3v) is 5.64. The Labute approximate surface area is 169 Å². The first-order chi connectivity index (χ1) is 14.1. The summed E-state index contributed by atoms with van der Waals surface area (Å²) in [5.41, 5.74) is -0.390. The number of rotatable bonds is 2. The quantitative estimate of drug-likeness (QED) is 0.704. The predicted molar refractivity (Wildman–Crippen MR) is 101 cm³/mol. The monoisotopic (exact) mass is 424 g/mol. The molecule has 2 aromatic heterocycles. The lowest BCUT2D eigenvalue weighted by molar-refractivity contribution is -0.149. The number of aromatic nitrogens is 2. The van der Waals surface area contributed by atoms with Crippen molar-refractivity contribution in [1.82, 2.24) is 24.1 Å². The molecule has 30 heavy (non-hydrogen) atoms. The number of amides is 3. The molecule has 1 unspecified atom stereocenters. The number of fused-ring (bicyclic) bond motifs is 1. The van der Waals surface area contributed by atoms with Crippen molar-refractivity contribution in [2.75, 3.05) is 45.2 Å². The molecule has 0 saturated carbocycles. The standard InChI is InChI=1S/C18H20F3N7O2/c1-24-15(22)14(16(29)25(2)17(24)30)27-5-3-26(4-6-27)13-8-11(18(19,20)21)7-12-9-23-10-28(12)13/h7-10,14,22H,3-6H2,1-2H3/p+1. The number of carbonyl (C=O) groups excluding carboxylic acids is 2. The number of urea groups is 1. The summed E-state index contributed by atoms with van der Waals surface area (Å²) in [5, 5.41) is 6.05. The molecule has 2 N–H and O–H groups in total. The third kappa shape index (κ3) is 3.16. The van der Waals surface area contributed by atoms with Crippen molar-refractivity contribution < 1.29 is 28.2 Å². The highest BCUT2D eigenvalue weighted by molar-refractivity contribution is 6.18. The molecule has 0 spiro atoms. The number of imide groups is 1. The van der Waals surface area contributed by atoms with E-state index in [1.54, 1.807) is 4.40 Å². The first kappa shape index (κ1) is 20.1. The second-order valence-corrected chi connectivity index (χ2v) is 7.38. The molecule has 0 bridgehead atoms. The summed E-state index contributed by atoms with van der Waals surface area (Å²) < 4.78 is 41.6. The van der Waals surface area contributed by atoms with Crippen LogP contribution in [0.5, 0.6) is 0 Å². The van der Waals surface area contributed by atoms with Crippen molar-refractivity contribution in [1.29, 1.82) is 0 Å². The molecular weight excluding hydrogens is 403 g/mol. The van der Waals surface area contributed by atoms with E-state index in [1.807, 2.05) is 9.80 Å². The van der Waals surface area contributed by atoms with Gasteiger partial charge >= 0.3 is 12.2 Å². The van der Waals surface area contributed by atoms with Crippen LogP contribution in [0.25, 0.3) is 5.52 Å². The number of hydrogen-bond donors (Lipinski definition) is 1. The summed E-state index contributed by atoms with van der Waals surface area (Å²) in [6.07, 6.45) is -1.61. The van der Waals surface area contributed by atoms with Crippen LogP contribution in [0.3, 0.4) is 0 Å². The van der Waals surface area contributed by atoms with E-state index in [0.29, 0.717) is 37.5 Å². The Morgan fingerprint density at radius 2 is 1.73 bits per heavy atom. The van der Waals surface area contributed by atoms with Gasteiger partial charge in [-0.3, -0.25) is 19.5 Å². The van der Waals surface area contributed by atoms with Crippen molar-refractivity contribution in [3.8, 4) is 0 Å². The zero-order chi connectivity index (χ0) is 21.8. The fourth-order valence-corrected chi connectivity index (χ4v) is 3.90. The highest BCUT2D eigenvalue weighted by Gasteiger charge is 2.49. The molecule has 0 aromatic carbocycles. The summed E-state index contributed by atoms with van der Waals surface area (Å²) in [4.78, 5) is 34.5. The Morgan fingerprint density at radius 3 is 2.37 bits per heavy atom. The van der Waals surface area contributed by atoms with Gasteiger partial charge in [0.2, 0.25) is 0 Å². The normalized spacial score (nSPS) is 21.8. The molecule has 2 aromatic rings. The van der Waals surface area contributed by atoms with E-state index in [0.717, 1.165) is 17.0 Å². The average molecular weight is 424 g/mol. The molecule has 2 saturated heterocycles. The van der Waals surface area contributed by atoms with Gasteiger partial charge in [0, 0.05) is 33.2 Å². The van der Waals surface area contributed by atoms with Crippen LogP contribution >= 0.6 is 0 Å². The van der Waals surface area contributed by atoms with Crippen molar-refractivity contribution in [3.63, 3.8) is 0 Å². The largest absolute Gasteiger partial charge is 0.417 e. The topological polar surface area (TPSA) is 90.0 Å². The number of amidine groups is 1.